The van der Waals surface area contributed by atoms with E-state index in [1.807, 2.05) is 37.4 Å². The summed E-state index contributed by atoms with van der Waals surface area (Å²) in [5.74, 6) is 0.537. The van der Waals surface area contributed by atoms with Gasteiger partial charge in [-0.2, -0.15) is 0 Å². The van der Waals surface area contributed by atoms with Crippen LogP contribution in [0.3, 0.4) is 0 Å². The van der Waals surface area contributed by atoms with Crippen LogP contribution in [-0.2, 0) is 12.8 Å². The number of nitrogens with one attached hydrogen (secondary N) is 2. The molecule has 0 saturated heterocycles. The minimum absolute atomic E-state index is 0.537. The second-order valence-electron chi connectivity index (χ2n) is 7.08. The zero-order chi connectivity index (χ0) is 21.5. The first-order chi connectivity index (χ1) is 14.5. The molecular weight excluding hydrogens is 370 g/mol. The lowest BCUT2D eigenvalue weighted by Gasteiger charge is -2.13. The number of benzene rings is 1. The Hall–Kier alpha value is -3.73. The molecule has 5 nitrogen and oxygen atoms in total. The van der Waals surface area contributed by atoms with E-state index in [1.165, 1.54) is 0 Å². The maximum Gasteiger partial charge on any atom is 0.227 e. The maximum atomic E-state index is 4.77. The lowest BCUT2D eigenvalue weighted by molar-refractivity contribution is 1.01. The van der Waals surface area contributed by atoms with Crippen molar-refractivity contribution in [3.05, 3.63) is 103 Å². The van der Waals surface area contributed by atoms with Crippen LogP contribution in [0.4, 0.5) is 17.3 Å². The highest BCUT2D eigenvalue weighted by Crippen LogP contribution is 2.22. The van der Waals surface area contributed by atoms with Crippen LogP contribution in [0.2, 0.25) is 0 Å². The van der Waals surface area contributed by atoms with E-state index < -0.39 is 0 Å². The molecule has 0 aliphatic rings. The van der Waals surface area contributed by atoms with Gasteiger partial charge in [0.2, 0.25) is 5.95 Å². The van der Waals surface area contributed by atoms with Gasteiger partial charge in [-0.15, -0.1) is 0 Å². The first kappa shape index (κ1) is 21.0. The molecule has 0 unspecified atom stereocenters. The number of aromatic nitrogens is 3. The van der Waals surface area contributed by atoms with Gasteiger partial charge in [0.15, 0.2) is 0 Å². The smallest absolute Gasteiger partial charge is 0.227 e. The van der Waals surface area contributed by atoms with E-state index in [4.69, 9.17) is 4.98 Å². The van der Waals surface area contributed by atoms with Gasteiger partial charge >= 0.3 is 0 Å². The van der Waals surface area contributed by atoms with Gasteiger partial charge in [-0.3, -0.25) is 4.98 Å². The average Bonchev–Trinajstić information content (AvgIpc) is 2.74. The zero-order valence-electron chi connectivity index (χ0n) is 17.6. The van der Waals surface area contributed by atoms with Crippen molar-refractivity contribution >= 4 is 22.9 Å². The molecule has 0 radical (unpaired) electrons. The zero-order valence-corrected chi connectivity index (χ0v) is 17.6. The van der Waals surface area contributed by atoms with Gasteiger partial charge in [0.25, 0.3) is 0 Å². The van der Waals surface area contributed by atoms with Gasteiger partial charge in [0.05, 0.1) is 17.6 Å². The molecule has 0 saturated carbocycles. The van der Waals surface area contributed by atoms with Crippen LogP contribution in [0.1, 0.15) is 36.4 Å². The van der Waals surface area contributed by atoms with Crippen molar-refractivity contribution in [2.75, 3.05) is 10.6 Å². The molecule has 0 fully saturated rings. The number of allylic oxidation sites excluding steroid dienone is 2. The van der Waals surface area contributed by atoms with E-state index in [9.17, 15) is 0 Å². The largest absolute Gasteiger partial charge is 0.356 e. The Morgan fingerprint density at radius 1 is 1.07 bits per heavy atom. The van der Waals surface area contributed by atoms with Crippen molar-refractivity contribution in [1.82, 2.24) is 15.0 Å². The summed E-state index contributed by atoms with van der Waals surface area (Å²) in [6.45, 7) is 15.8. The minimum Gasteiger partial charge on any atom is -0.356 e. The molecule has 1 aromatic carbocycles. The fraction of sp³-hybridized carbons (Fsp3) is 0.160. The van der Waals surface area contributed by atoms with Crippen molar-refractivity contribution in [1.29, 1.82) is 0 Å². The first-order valence-corrected chi connectivity index (χ1v) is 9.89. The molecule has 0 aliphatic heterocycles. The summed E-state index contributed by atoms with van der Waals surface area (Å²) in [7, 11) is 0. The highest BCUT2D eigenvalue weighted by Gasteiger charge is 2.10. The number of hydrogen-bond acceptors (Lipinski definition) is 5. The summed E-state index contributed by atoms with van der Waals surface area (Å²) < 4.78 is 0. The summed E-state index contributed by atoms with van der Waals surface area (Å²) in [5, 5.41) is 6.47. The summed E-state index contributed by atoms with van der Waals surface area (Å²) in [5.41, 5.74) is 7.54. The molecule has 0 spiro atoms. The maximum absolute atomic E-state index is 4.77. The van der Waals surface area contributed by atoms with Crippen LogP contribution in [0, 0.1) is 0 Å². The molecule has 2 aromatic heterocycles. The van der Waals surface area contributed by atoms with Crippen molar-refractivity contribution in [3.8, 4) is 0 Å². The molecule has 0 atom stereocenters. The van der Waals surface area contributed by atoms with E-state index in [2.05, 4.69) is 59.4 Å². The lowest BCUT2D eigenvalue weighted by Crippen LogP contribution is -2.05. The number of pyridine rings is 1. The normalized spacial score (nSPS) is 10.3. The number of anilines is 3. The van der Waals surface area contributed by atoms with Crippen LogP contribution in [0.25, 0.3) is 5.57 Å². The fourth-order valence-electron chi connectivity index (χ4n) is 2.99. The van der Waals surface area contributed by atoms with Crippen molar-refractivity contribution in [2.45, 2.75) is 26.7 Å². The van der Waals surface area contributed by atoms with Gasteiger partial charge in [-0.25, -0.2) is 9.97 Å². The summed E-state index contributed by atoms with van der Waals surface area (Å²) in [4.78, 5) is 13.6. The third-order valence-electron chi connectivity index (χ3n) is 4.62. The van der Waals surface area contributed by atoms with E-state index in [1.54, 1.807) is 12.3 Å². The molecule has 3 aromatic rings. The minimum atomic E-state index is 0.537. The van der Waals surface area contributed by atoms with Gasteiger partial charge in [-0.05, 0) is 54.8 Å². The Labute approximate surface area is 178 Å². The molecule has 0 bridgehead atoms. The van der Waals surface area contributed by atoms with Crippen LogP contribution in [0.15, 0.2) is 80.3 Å². The first-order valence-electron chi connectivity index (χ1n) is 9.89. The molecular formula is C25H27N5. The predicted molar refractivity (Wildman–Crippen MR) is 126 cm³/mol. The van der Waals surface area contributed by atoms with Gasteiger partial charge in [0, 0.05) is 35.3 Å². The Morgan fingerprint density at radius 2 is 1.90 bits per heavy atom. The molecule has 0 aliphatic carbocycles. The number of nitrogens with zero attached hydrogens (tertiary/aromatic N) is 3. The molecule has 0 amide bonds. The molecule has 2 heterocycles. The quantitative estimate of drug-likeness (QED) is 0.439. The van der Waals surface area contributed by atoms with E-state index in [-0.39, 0.29) is 0 Å². The Kier molecular flexibility index (Phi) is 6.75. The van der Waals surface area contributed by atoms with E-state index in [0.717, 1.165) is 51.6 Å². The Morgan fingerprint density at radius 3 is 2.57 bits per heavy atom. The Bertz CT molecular complexity index is 1070. The predicted octanol–water partition coefficient (Wildman–Crippen LogP) is 5.91. The van der Waals surface area contributed by atoms with Crippen LogP contribution in [0.5, 0.6) is 0 Å². The summed E-state index contributed by atoms with van der Waals surface area (Å²) >= 11 is 0. The fourth-order valence-corrected chi connectivity index (χ4v) is 2.99. The van der Waals surface area contributed by atoms with Gasteiger partial charge in [0.1, 0.15) is 0 Å². The molecule has 30 heavy (non-hydrogen) atoms. The second kappa shape index (κ2) is 9.65. The van der Waals surface area contributed by atoms with E-state index in [0.29, 0.717) is 12.4 Å². The van der Waals surface area contributed by atoms with Crippen molar-refractivity contribution < 1.29 is 0 Å². The summed E-state index contributed by atoms with van der Waals surface area (Å²) in [6, 6.07) is 12.2. The molecule has 3 rings (SSSR count). The summed E-state index contributed by atoms with van der Waals surface area (Å²) in [6.07, 6.45) is 6.87. The molecule has 152 valence electrons. The molecule has 2 N–H and O–H groups in total. The highest BCUT2D eigenvalue weighted by molar-refractivity contribution is 5.64. The lowest BCUT2D eigenvalue weighted by atomic mass is 10.0. The number of aryl methyl sites for hydroxylation is 1. The number of rotatable bonds is 9. The molecule has 5 heteroatoms. The van der Waals surface area contributed by atoms with E-state index >= 15 is 0 Å². The third kappa shape index (κ3) is 5.41. The van der Waals surface area contributed by atoms with Gasteiger partial charge < -0.3 is 10.6 Å². The SMILES string of the molecule is C=CC(=C)Nc1cccc(Cc2nc(Nc3ccc(CC)nc3)ncc2C(=C)C)c1. The van der Waals surface area contributed by atoms with Crippen LogP contribution < -0.4 is 10.6 Å². The van der Waals surface area contributed by atoms with Crippen LogP contribution >= 0.6 is 0 Å². The average molecular weight is 398 g/mol. The second-order valence-corrected chi connectivity index (χ2v) is 7.08. The third-order valence-corrected chi connectivity index (χ3v) is 4.62. The van der Waals surface area contributed by atoms with Crippen molar-refractivity contribution in [3.63, 3.8) is 0 Å². The highest BCUT2D eigenvalue weighted by atomic mass is 15.1. The monoisotopic (exact) mass is 397 g/mol. The van der Waals surface area contributed by atoms with Crippen LogP contribution in [-0.4, -0.2) is 15.0 Å². The standard InChI is InChI=1S/C25H27N5/c1-6-18(5)28-21-10-8-9-19(13-21)14-24-23(17(3)4)16-27-25(30-24)29-22-12-11-20(7-2)26-15-22/h6,8-13,15-16,28H,1,3,5,7,14H2,2,4H3,(H,27,29,30). The number of hydrogen-bond donors (Lipinski definition) is 2. The van der Waals surface area contributed by atoms with Crippen molar-refractivity contribution in [2.24, 2.45) is 0 Å². The van der Waals surface area contributed by atoms with Gasteiger partial charge in [-0.1, -0.05) is 38.8 Å². The topological polar surface area (TPSA) is 62.7 Å². The Balaban J connectivity index is 1.86.